The van der Waals surface area contributed by atoms with Crippen LogP contribution in [-0.2, 0) is 11.2 Å². The summed E-state index contributed by atoms with van der Waals surface area (Å²) in [6, 6.07) is 8.71. The van der Waals surface area contributed by atoms with Crippen molar-refractivity contribution in [3.63, 3.8) is 0 Å². The molecule has 34 heavy (non-hydrogen) atoms. The number of carbonyl (C=O) groups is 1. The Hall–Kier alpha value is -1.56. The van der Waals surface area contributed by atoms with Gasteiger partial charge in [-0.2, -0.15) is 11.8 Å². The SMILES string of the molecule is Cc1cccc(C[C@@H](O)/C=C/[C@@H]2[C@H]3CC(CCSCC(=O)N(C(C)C)C(C)C)=C[C@H]3C[C@H]2O)c1. The molecule has 2 aliphatic rings. The second-order valence-electron chi connectivity index (χ2n) is 10.7. The van der Waals surface area contributed by atoms with Gasteiger partial charge in [0.05, 0.1) is 18.0 Å². The summed E-state index contributed by atoms with van der Waals surface area (Å²) in [5.41, 5.74) is 3.80. The summed E-state index contributed by atoms with van der Waals surface area (Å²) < 4.78 is 0. The molecule has 0 spiro atoms. The molecule has 2 aliphatic carbocycles. The van der Waals surface area contributed by atoms with Crippen molar-refractivity contribution < 1.29 is 15.0 Å². The summed E-state index contributed by atoms with van der Waals surface area (Å²) in [6.45, 7) is 10.4. The molecule has 1 aromatic carbocycles. The van der Waals surface area contributed by atoms with Crippen molar-refractivity contribution in [1.29, 1.82) is 0 Å². The van der Waals surface area contributed by atoms with E-state index in [1.54, 1.807) is 11.8 Å². The fourth-order valence-electron chi connectivity index (χ4n) is 5.81. The Morgan fingerprint density at radius 3 is 2.65 bits per heavy atom. The normalized spacial score (nSPS) is 25.3. The fraction of sp³-hybridized carbons (Fsp3) is 0.621. The van der Waals surface area contributed by atoms with E-state index in [1.807, 2.05) is 23.1 Å². The lowest BCUT2D eigenvalue weighted by Gasteiger charge is -2.30. The minimum absolute atomic E-state index is 0.103. The molecule has 1 aromatic rings. The Balaban J connectivity index is 1.45. The quantitative estimate of drug-likeness (QED) is 0.335. The molecular formula is C29H43NO3S. The van der Waals surface area contributed by atoms with Crippen LogP contribution in [0.15, 0.2) is 48.1 Å². The van der Waals surface area contributed by atoms with Gasteiger partial charge in [0.1, 0.15) is 0 Å². The van der Waals surface area contributed by atoms with Crippen molar-refractivity contribution in [2.45, 2.75) is 84.6 Å². The summed E-state index contributed by atoms with van der Waals surface area (Å²) >= 11 is 1.73. The molecular weight excluding hydrogens is 442 g/mol. The van der Waals surface area contributed by atoms with Gasteiger partial charge >= 0.3 is 0 Å². The molecule has 3 rings (SSSR count). The lowest BCUT2D eigenvalue weighted by Crippen LogP contribution is -2.43. The highest BCUT2D eigenvalue weighted by Crippen LogP contribution is 2.48. The average Bonchev–Trinajstić information content (AvgIpc) is 3.25. The van der Waals surface area contributed by atoms with Crippen molar-refractivity contribution in [3.05, 3.63) is 59.2 Å². The first-order valence-electron chi connectivity index (χ1n) is 12.8. The van der Waals surface area contributed by atoms with Gasteiger partial charge in [-0.1, -0.05) is 53.6 Å². The number of allylic oxidation sites excluding steroid dienone is 2. The number of hydrogen-bond donors (Lipinski definition) is 2. The van der Waals surface area contributed by atoms with Crippen molar-refractivity contribution in [1.82, 2.24) is 4.90 Å². The number of carbonyl (C=O) groups excluding carboxylic acids is 1. The van der Waals surface area contributed by atoms with Gasteiger partial charge in [0, 0.05) is 24.4 Å². The summed E-state index contributed by atoms with van der Waals surface area (Å²) in [6.07, 6.45) is 8.88. The van der Waals surface area contributed by atoms with Gasteiger partial charge in [-0.25, -0.2) is 0 Å². The Bertz CT molecular complexity index is 870. The van der Waals surface area contributed by atoms with E-state index in [0.717, 1.165) is 30.6 Å². The maximum Gasteiger partial charge on any atom is 0.233 e. The largest absolute Gasteiger partial charge is 0.392 e. The molecule has 0 unspecified atom stereocenters. The highest BCUT2D eigenvalue weighted by Gasteiger charge is 2.43. The lowest BCUT2D eigenvalue weighted by atomic mass is 9.88. The van der Waals surface area contributed by atoms with Crippen molar-refractivity contribution in [2.24, 2.45) is 17.8 Å². The van der Waals surface area contributed by atoms with Crippen LogP contribution in [0.1, 0.15) is 58.1 Å². The molecule has 1 fully saturated rings. The Morgan fingerprint density at radius 1 is 1.24 bits per heavy atom. The zero-order valence-corrected chi connectivity index (χ0v) is 22.3. The number of thioether (sulfide) groups is 1. The molecule has 1 saturated carbocycles. The third kappa shape index (κ3) is 7.22. The summed E-state index contributed by atoms with van der Waals surface area (Å²) in [5.74, 6) is 2.68. The van der Waals surface area contributed by atoms with Crippen LogP contribution in [0, 0.1) is 24.7 Å². The van der Waals surface area contributed by atoms with Crippen LogP contribution in [0.25, 0.3) is 0 Å². The zero-order valence-electron chi connectivity index (χ0n) is 21.5. The van der Waals surface area contributed by atoms with E-state index in [-0.39, 0.29) is 30.0 Å². The number of amides is 1. The van der Waals surface area contributed by atoms with E-state index in [0.29, 0.717) is 24.0 Å². The minimum Gasteiger partial charge on any atom is -0.392 e. The zero-order chi connectivity index (χ0) is 24.8. The number of benzene rings is 1. The fourth-order valence-corrected chi connectivity index (χ4v) is 6.68. The molecule has 5 atom stereocenters. The highest BCUT2D eigenvalue weighted by molar-refractivity contribution is 7.99. The molecule has 0 radical (unpaired) electrons. The molecule has 188 valence electrons. The minimum atomic E-state index is -0.535. The topological polar surface area (TPSA) is 60.8 Å². The van der Waals surface area contributed by atoms with Gasteiger partial charge in [0.25, 0.3) is 0 Å². The third-order valence-electron chi connectivity index (χ3n) is 7.23. The smallest absolute Gasteiger partial charge is 0.233 e. The first-order valence-corrected chi connectivity index (χ1v) is 14.0. The van der Waals surface area contributed by atoms with Crippen molar-refractivity contribution >= 4 is 17.7 Å². The first kappa shape index (κ1) is 27.0. The number of nitrogens with zero attached hydrogens (tertiary/aromatic N) is 1. The summed E-state index contributed by atoms with van der Waals surface area (Å²) in [4.78, 5) is 14.5. The number of aryl methyl sites for hydroxylation is 1. The molecule has 0 heterocycles. The molecule has 0 saturated heterocycles. The first-order chi connectivity index (χ1) is 16.2. The van der Waals surface area contributed by atoms with Gasteiger partial charge < -0.3 is 15.1 Å². The number of fused-ring (bicyclic) bond motifs is 1. The maximum absolute atomic E-state index is 12.6. The van der Waals surface area contributed by atoms with Gasteiger partial charge in [0.15, 0.2) is 0 Å². The Kier molecular flexibility index (Phi) is 9.87. The van der Waals surface area contributed by atoms with Gasteiger partial charge in [-0.05, 0) is 77.0 Å². The molecule has 0 aromatic heterocycles. The molecule has 1 amide bonds. The third-order valence-corrected chi connectivity index (χ3v) is 8.17. The van der Waals surface area contributed by atoms with Gasteiger partial charge in [-0.3, -0.25) is 4.79 Å². The molecule has 0 aliphatic heterocycles. The Morgan fingerprint density at radius 2 is 1.97 bits per heavy atom. The van der Waals surface area contributed by atoms with Crippen LogP contribution >= 0.6 is 11.8 Å². The van der Waals surface area contributed by atoms with Gasteiger partial charge in [0.2, 0.25) is 5.91 Å². The van der Waals surface area contributed by atoms with E-state index < -0.39 is 6.10 Å². The van der Waals surface area contributed by atoms with E-state index >= 15 is 0 Å². The second kappa shape index (κ2) is 12.4. The Labute approximate surface area is 210 Å². The maximum atomic E-state index is 12.6. The van der Waals surface area contributed by atoms with E-state index in [1.165, 1.54) is 11.1 Å². The van der Waals surface area contributed by atoms with E-state index in [4.69, 9.17) is 0 Å². The van der Waals surface area contributed by atoms with E-state index in [2.05, 4.69) is 58.9 Å². The number of aliphatic hydroxyl groups excluding tert-OH is 2. The molecule has 2 N–H and O–H groups in total. The molecule has 0 bridgehead atoms. The molecule has 5 heteroatoms. The summed E-state index contributed by atoms with van der Waals surface area (Å²) in [5, 5.41) is 21.1. The lowest BCUT2D eigenvalue weighted by molar-refractivity contribution is -0.131. The van der Waals surface area contributed by atoms with Crippen LogP contribution in [0.5, 0.6) is 0 Å². The number of aliphatic hydroxyl groups is 2. The highest BCUT2D eigenvalue weighted by atomic mass is 32.2. The van der Waals surface area contributed by atoms with Gasteiger partial charge in [-0.15, -0.1) is 0 Å². The van der Waals surface area contributed by atoms with Crippen molar-refractivity contribution in [2.75, 3.05) is 11.5 Å². The molecule has 4 nitrogen and oxygen atoms in total. The second-order valence-corrected chi connectivity index (χ2v) is 11.8. The monoisotopic (exact) mass is 485 g/mol. The van der Waals surface area contributed by atoms with Crippen LogP contribution in [0.2, 0.25) is 0 Å². The predicted molar refractivity (Wildman–Crippen MR) is 143 cm³/mol. The average molecular weight is 486 g/mol. The number of hydrogen-bond acceptors (Lipinski definition) is 4. The standard InChI is InChI=1S/C29H43NO3S/c1-19(2)30(20(3)4)29(33)18-34-12-11-23-14-24-17-28(32)26(27(24)16-23)10-9-25(31)15-22-8-6-7-21(5)13-22/h6-10,13-14,19-20,24-28,31-32H,11-12,15-18H2,1-5H3/b10-9+/t24-,25-,26+,27-,28+/m0/s1. The van der Waals surface area contributed by atoms with Crippen LogP contribution < -0.4 is 0 Å². The predicted octanol–water partition coefficient (Wildman–Crippen LogP) is 5.17. The summed E-state index contributed by atoms with van der Waals surface area (Å²) in [7, 11) is 0. The van der Waals surface area contributed by atoms with Crippen LogP contribution in [0.4, 0.5) is 0 Å². The number of rotatable bonds is 11. The van der Waals surface area contributed by atoms with Crippen LogP contribution in [0.3, 0.4) is 0 Å². The van der Waals surface area contributed by atoms with Crippen LogP contribution in [-0.4, -0.2) is 56.8 Å². The van der Waals surface area contributed by atoms with Crippen molar-refractivity contribution in [3.8, 4) is 0 Å². The van der Waals surface area contributed by atoms with E-state index in [9.17, 15) is 15.0 Å².